The smallest absolute Gasteiger partial charge is 0.210 e. The van der Waals surface area contributed by atoms with Gasteiger partial charge in [0.2, 0.25) is 5.78 Å². The summed E-state index contributed by atoms with van der Waals surface area (Å²) in [5, 5.41) is 4.01. The molecule has 2 rings (SSSR count). The van der Waals surface area contributed by atoms with Gasteiger partial charge in [-0.05, 0) is 19.0 Å². The molecule has 5 heteroatoms. The zero-order chi connectivity index (χ0) is 12.3. The zero-order valence-electron chi connectivity index (χ0n) is 10.4. The van der Waals surface area contributed by atoms with Gasteiger partial charge >= 0.3 is 0 Å². The average molecular weight is 237 g/mol. The van der Waals surface area contributed by atoms with Gasteiger partial charge in [-0.2, -0.15) is 5.10 Å². The van der Waals surface area contributed by atoms with Gasteiger partial charge in [0.1, 0.15) is 11.8 Å². The van der Waals surface area contributed by atoms with Gasteiger partial charge < -0.3 is 4.74 Å². The van der Waals surface area contributed by atoms with Crippen LogP contribution in [0.1, 0.15) is 23.8 Å². The summed E-state index contributed by atoms with van der Waals surface area (Å²) >= 11 is 0. The van der Waals surface area contributed by atoms with Crippen LogP contribution in [-0.4, -0.2) is 52.8 Å². The Bertz CT molecular complexity index is 387. The first kappa shape index (κ1) is 12.3. The molecule has 1 saturated heterocycles. The van der Waals surface area contributed by atoms with Crippen molar-refractivity contribution < 1.29 is 9.53 Å². The fourth-order valence-electron chi connectivity index (χ4n) is 2.16. The van der Waals surface area contributed by atoms with E-state index in [4.69, 9.17) is 4.74 Å². The molecule has 0 bridgehead atoms. The van der Waals surface area contributed by atoms with Crippen LogP contribution < -0.4 is 0 Å². The Morgan fingerprint density at radius 2 is 2.47 bits per heavy atom. The molecule has 1 unspecified atom stereocenters. The number of morpholine rings is 1. The van der Waals surface area contributed by atoms with E-state index in [1.54, 1.807) is 24.0 Å². The number of hydrogen-bond acceptors (Lipinski definition) is 4. The Balaban J connectivity index is 2.02. The fourth-order valence-corrected chi connectivity index (χ4v) is 2.16. The van der Waals surface area contributed by atoms with Crippen LogP contribution in [0.2, 0.25) is 0 Å². The Morgan fingerprint density at radius 1 is 1.65 bits per heavy atom. The van der Waals surface area contributed by atoms with Crippen molar-refractivity contribution >= 4 is 5.78 Å². The molecule has 0 N–H and O–H groups in total. The number of aryl methyl sites for hydroxylation is 1. The van der Waals surface area contributed by atoms with Gasteiger partial charge in [0, 0.05) is 26.3 Å². The van der Waals surface area contributed by atoms with Crippen LogP contribution in [0.4, 0.5) is 0 Å². The first-order chi connectivity index (χ1) is 8.22. The number of ether oxygens (including phenoxy) is 1. The lowest BCUT2D eigenvalue weighted by atomic mass is 10.1. The number of ketones is 1. The molecule has 17 heavy (non-hydrogen) atoms. The molecule has 0 radical (unpaired) electrons. The molecule has 5 nitrogen and oxygen atoms in total. The third-order valence-electron chi connectivity index (χ3n) is 3.06. The van der Waals surface area contributed by atoms with E-state index in [1.807, 2.05) is 0 Å². The van der Waals surface area contributed by atoms with Gasteiger partial charge in [-0.15, -0.1) is 0 Å². The van der Waals surface area contributed by atoms with Gasteiger partial charge in [0.05, 0.1) is 6.61 Å². The van der Waals surface area contributed by atoms with E-state index in [-0.39, 0.29) is 11.9 Å². The van der Waals surface area contributed by atoms with E-state index < -0.39 is 0 Å². The molecular formula is C12H19N3O2. The fraction of sp³-hybridized carbons (Fsp3) is 0.667. The third-order valence-corrected chi connectivity index (χ3v) is 3.06. The van der Waals surface area contributed by atoms with Crippen LogP contribution in [0.3, 0.4) is 0 Å². The average Bonchev–Trinajstić information content (AvgIpc) is 2.75. The molecule has 0 amide bonds. The van der Waals surface area contributed by atoms with E-state index >= 15 is 0 Å². The first-order valence-corrected chi connectivity index (χ1v) is 6.08. The number of carbonyl (C=O) groups is 1. The molecule has 1 aliphatic heterocycles. The highest BCUT2D eigenvalue weighted by molar-refractivity contribution is 5.98. The van der Waals surface area contributed by atoms with Crippen LogP contribution in [0, 0.1) is 0 Å². The molecule has 1 aromatic heterocycles. The Kier molecular flexibility index (Phi) is 3.91. The van der Waals surface area contributed by atoms with Crippen molar-refractivity contribution in [3.63, 3.8) is 0 Å². The van der Waals surface area contributed by atoms with E-state index in [9.17, 15) is 4.79 Å². The van der Waals surface area contributed by atoms with Gasteiger partial charge in [0.25, 0.3) is 0 Å². The van der Waals surface area contributed by atoms with Crippen molar-refractivity contribution in [2.75, 3.05) is 26.2 Å². The highest BCUT2D eigenvalue weighted by Crippen LogP contribution is 2.11. The summed E-state index contributed by atoms with van der Waals surface area (Å²) in [6, 6.07) is 1.74. The minimum absolute atomic E-state index is 0.0332. The predicted octanol–water partition coefficient (Wildman–Crippen LogP) is 0.714. The van der Waals surface area contributed by atoms with Crippen LogP contribution in [0.5, 0.6) is 0 Å². The number of hydrogen-bond donors (Lipinski definition) is 0. The normalized spacial score (nSPS) is 21.6. The van der Waals surface area contributed by atoms with Crippen molar-refractivity contribution in [2.24, 2.45) is 7.05 Å². The minimum Gasteiger partial charge on any atom is -0.367 e. The quantitative estimate of drug-likeness (QED) is 0.724. The van der Waals surface area contributed by atoms with Crippen molar-refractivity contribution in [3.8, 4) is 0 Å². The maximum Gasteiger partial charge on any atom is 0.210 e. The topological polar surface area (TPSA) is 47.4 Å². The van der Waals surface area contributed by atoms with Crippen molar-refractivity contribution in [1.82, 2.24) is 14.7 Å². The van der Waals surface area contributed by atoms with Crippen LogP contribution in [-0.2, 0) is 11.8 Å². The largest absolute Gasteiger partial charge is 0.367 e. The summed E-state index contributed by atoms with van der Waals surface area (Å²) < 4.78 is 7.16. The van der Waals surface area contributed by atoms with Crippen LogP contribution in [0.15, 0.2) is 12.3 Å². The van der Waals surface area contributed by atoms with Crippen LogP contribution >= 0.6 is 0 Å². The second-order valence-electron chi connectivity index (χ2n) is 4.36. The first-order valence-electron chi connectivity index (χ1n) is 6.08. The van der Waals surface area contributed by atoms with Gasteiger partial charge in [-0.3, -0.25) is 14.4 Å². The monoisotopic (exact) mass is 237 g/mol. The molecule has 0 aromatic carbocycles. The number of nitrogens with zero attached hydrogens (tertiary/aromatic N) is 3. The van der Waals surface area contributed by atoms with E-state index in [0.717, 1.165) is 19.5 Å². The molecule has 94 valence electrons. The standard InChI is InChI=1S/C12H19N3O2/c1-3-6-15-7-8-17-11(9-15)12(16)10-4-5-13-14(10)2/h4-5,11H,3,6-9H2,1-2H3. The van der Waals surface area contributed by atoms with Gasteiger partial charge in [-0.1, -0.05) is 6.92 Å². The summed E-state index contributed by atoms with van der Waals surface area (Å²) in [5.74, 6) is 0.0332. The molecule has 0 spiro atoms. The maximum atomic E-state index is 12.2. The highest BCUT2D eigenvalue weighted by Gasteiger charge is 2.28. The number of rotatable bonds is 4. The van der Waals surface area contributed by atoms with Crippen molar-refractivity contribution in [1.29, 1.82) is 0 Å². The lowest BCUT2D eigenvalue weighted by Gasteiger charge is -2.31. The summed E-state index contributed by atoms with van der Waals surface area (Å²) in [5.41, 5.74) is 0.619. The van der Waals surface area contributed by atoms with Crippen molar-refractivity contribution in [3.05, 3.63) is 18.0 Å². The molecule has 1 atom stereocenters. The SMILES string of the molecule is CCCN1CCOC(C(=O)c2ccnn2C)C1. The summed E-state index contributed by atoms with van der Waals surface area (Å²) in [6.07, 6.45) is 2.40. The predicted molar refractivity (Wildman–Crippen MR) is 64.0 cm³/mol. The number of aromatic nitrogens is 2. The second-order valence-corrected chi connectivity index (χ2v) is 4.36. The molecule has 1 fully saturated rings. The minimum atomic E-state index is -0.342. The second kappa shape index (κ2) is 5.42. The number of carbonyl (C=O) groups excluding carboxylic acids is 1. The zero-order valence-corrected chi connectivity index (χ0v) is 10.4. The molecule has 1 aromatic rings. The summed E-state index contributed by atoms with van der Waals surface area (Å²) in [7, 11) is 1.78. The summed E-state index contributed by atoms with van der Waals surface area (Å²) in [6.45, 7) is 5.42. The molecule has 1 aliphatic rings. The number of Topliss-reactive ketones (excluding diaryl/α,β-unsaturated/α-hetero) is 1. The Morgan fingerprint density at radius 3 is 3.12 bits per heavy atom. The van der Waals surface area contributed by atoms with Crippen LogP contribution in [0.25, 0.3) is 0 Å². The van der Waals surface area contributed by atoms with Gasteiger partial charge in [-0.25, -0.2) is 0 Å². The Labute approximate surface area is 101 Å². The van der Waals surface area contributed by atoms with Gasteiger partial charge in [0.15, 0.2) is 0 Å². The molecule has 0 aliphatic carbocycles. The maximum absolute atomic E-state index is 12.2. The van der Waals surface area contributed by atoms with Crippen molar-refractivity contribution in [2.45, 2.75) is 19.4 Å². The highest BCUT2D eigenvalue weighted by atomic mass is 16.5. The summed E-state index contributed by atoms with van der Waals surface area (Å²) in [4.78, 5) is 14.5. The lowest BCUT2D eigenvalue weighted by molar-refractivity contribution is -0.0168. The molecule has 2 heterocycles. The molecular weight excluding hydrogens is 218 g/mol. The van der Waals surface area contributed by atoms with E-state index in [1.165, 1.54) is 0 Å². The lowest BCUT2D eigenvalue weighted by Crippen LogP contribution is -2.46. The van der Waals surface area contributed by atoms with E-state index in [0.29, 0.717) is 18.8 Å². The third kappa shape index (κ3) is 2.73. The van der Waals surface area contributed by atoms with E-state index in [2.05, 4.69) is 16.9 Å². The Hall–Kier alpha value is -1.20. The molecule has 0 saturated carbocycles.